The standard InChI is InChI=1S/C26H38N4O7/c1-4-8-24(35)30(17-31)14-7-5-6-9-22(33)29-25(19(2)3)26(36)27-15-23(34)28-21-12-10-20(11-13-21)16-37-18-32/h10-13,17-19,25H,4-9,14-16H2,1-3H3,(H,27,36)(H,28,34)(H,29,33). The van der Waals surface area contributed by atoms with Crippen LogP contribution in [0.2, 0.25) is 0 Å². The normalized spacial score (nSPS) is 11.2. The Morgan fingerprint density at radius 3 is 2.27 bits per heavy atom. The van der Waals surface area contributed by atoms with Gasteiger partial charge in [-0.25, -0.2) is 0 Å². The lowest BCUT2D eigenvalue weighted by atomic mass is 10.0. The van der Waals surface area contributed by atoms with Crippen LogP contribution in [0.15, 0.2) is 24.3 Å². The Balaban J connectivity index is 2.40. The van der Waals surface area contributed by atoms with Crippen molar-refractivity contribution in [1.82, 2.24) is 15.5 Å². The number of benzene rings is 1. The number of rotatable bonds is 18. The minimum absolute atomic E-state index is 0.134. The van der Waals surface area contributed by atoms with E-state index in [1.54, 1.807) is 38.1 Å². The summed E-state index contributed by atoms with van der Waals surface area (Å²) in [4.78, 5) is 71.4. The number of carbonyl (C=O) groups excluding carboxylic acids is 6. The Labute approximate surface area is 217 Å². The van der Waals surface area contributed by atoms with Crippen LogP contribution in [0.4, 0.5) is 5.69 Å². The topological polar surface area (TPSA) is 151 Å². The minimum Gasteiger partial charge on any atom is -0.463 e. The summed E-state index contributed by atoms with van der Waals surface area (Å²) < 4.78 is 4.67. The Kier molecular flexibility index (Phi) is 14.9. The van der Waals surface area contributed by atoms with Gasteiger partial charge in [-0.15, -0.1) is 0 Å². The molecule has 0 bridgehead atoms. The third-order valence-electron chi connectivity index (χ3n) is 5.46. The number of carbonyl (C=O) groups is 6. The van der Waals surface area contributed by atoms with Gasteiger partial charge in [0, 0.05) is 25.1 Å². The summed E-state index contributed by atoms with van der Waals surface area (Å²) in [7, 11) is 0. The molecule has 3 N–H and O–H groups in total. The highest BCUT2D eigenvalue weighted by Gasteiger charge is 2.24. The number of ether oxygens (including phenoxy) is 1. The van der Waals surface area contributed by atoms with Crippen molar-refractivity contribution in [3.05, 3.63) is 29.8 Å². The van der Waals surface area contributed by atoms with Gasteiger partial charge in [0.05, 0.1) is 6.54 Å². The van der Waals surface area contributed by atoms with E-state index in [4.69, 9.17) is 0 Å². The molecule has 1 aromatic carbocycles. The Hall–Kier alpha value is -3.76. The van der Waals surface area contributed by atoms with E-state index >= 15 is 0 Å². The van der Waals surface area contributed by atoms with Crippen LogP contribution in [0, 0.1) is 5.92 Å². The molecule has 0 fully saturated rings. The van der Waals surface area contributed by atoms with Crippen molar-refractivity contribution in [2.75, 3.05) is 18.4 Å². The van der Waals surface area contributed by atoms with Crippen LogP contribution in [-0.2, 0) is 40.1 Å². The monoisotopic (exact) mass is 518 g/mol. The quantitative estimate of drug-likeness (QED) is 0.198. The first-order chi connectivity index (χ1) is 17.7. The van der Waals surface area contributed by atoms with Gasteiger partial charge in [-0.3, -0.25) is 33.7 Å². The molecule has 0 aromatic heterocycles. The van der Waals surface area contributed by atoms with Crippen molar-refractivity contribution in [3.8, 4) is 0 Å². The van der Waals surface area contributed by atoms with E-state index in [-0.39, 0.29) is 37.3 Å². The van der Waals surface area contributed by atoms with Crippen molar-refractivity contribution < 1.29 is 33.5 Å². The highest BCUT2D eigenvalue weighted by Crippen LogP contribution is 2.10. The molecule has 204 valence electrons. The van der Waals surface area contributed by atoms with Crippen LogP contribution in [0.25, 0.3) is 0 Å². The lowest BCUT2D eigenvalue weighted by molar-refractivity contribution is -0.138. The van der Waals surface area contributed by atoms with Crippen LogP contribution in [0.3, 0.4) is 0 Å². The third-order valence-corrected chi connectivity index (χ3v) is 5.46. The maximum Gasteiger partial charge on any atom is 0.293 e. The van der Waals surface area contributed by atoms with Gasteiger partial charge in [0.2, 0.25) is 30.0 Å². The smallest absolute Gasteiger partial charge is 0.293 e. The van der Waals surface area contributed by atoms with Crippen molar-refractivity contribution in [3.63, 3.8) is 0 Å². The molecule has 0 spiro atoms. The van der Waals surface area contributed by atoms with Crippen molar-refractivity contribution in [2.45, 2.75) is 71.9 Å². The maximum absolute atomic E-state index is 12.6. The second kappa shape index (κ2) is 17.6. The fourth-order valence-corrected chi connectivity index (χ4v) is 3.42. The number of imide groups is 1. The molecule has 5 amide bonds. The molecule has 0 heterocycles. The molecule has 0 saturated heterocycles. The summed E-state index contributed by atoms with van der Waals surface area (Å²) in [6, 6.07) is 5.91. The average Bonchev–Trinajstić information content (AvgIpc) is 2.87. The predicted octanol–water partition coefficient (Wildman–Crippen LogP) is 1.90. The lowest BCUT2D eigenvalue weighted by Crippen LogP contribution is -2.51. The molecule has 11 heteroatoms. The second-order valence-electron chi connectivity index (χ2n) is 8.91. The van der Waals surface area contributed by atoms with E-state index in [1.807, 2.05) is 6.92 Å². The van der Waals surface area contributed by atoms with Crippen LogP contribution in [0.5, 0.6) is 0 Å². The number of anilines is 1. The van der Waals surface area contributed by atoms with Crippen LogP contribution in [-0.4, -0.2) is 60.5 Å². The van der Waals surface area contributed by atoms with E-state index in [0.29, 0.717) is 57.2 Å². The number of nitrogens with one attached hydrogen (secondary N) is 3. The van der Waals surface area contributed by atoms with Crippen molar-refractivity contribution in [2.24, 2.45) is 5.92 Å². The zero-order valence-electron chi connectivity index (χ0n) is 21.8. The molecule has 1 rings (SSSR count). The number of hydrogen-bond donors (Lipinski definition) is 3. The maximum atomic E-state index is 12.6. The molecule has 0 saturated carbocycles. The number of nitrogens with zero attached hydrogens (tertiary/aromatic N) is 1. The SMILES string of the molecule is CCCC(=O)N(C=O)CCCCCC(=O)NC(C(=O)NCC(=O)Nc1ccc(COC=O)cc1)C(C)C. The van der Waals surface area contributed by atoms with Crippen LogP contribution >= 0.6 is 0 Å². The van der Waals surface area contributed by atoms with Crippen molar-refractivity contribution >= 4 is 42.2 Å². The molecule has 0 aliphatic rings. The van der Waals surface area contributed by atoms with Gasteiger partial charge >= 0.3 is 0 Å². The van der Waals surface area contributed by atoms with Crippen molar-refractivity contribution in [1.29, 1.82) is 0 Å². The molecule has 1 atom stereocenters. The van der Waals surface area contributed by atoms with Crippen LogP contribution < -0.4 is 16.0 Å². The van der Waals surface area contributed by atoms with Gasteiger partial charge in [-0.05, 0) is 42.9 Å². The summed E-state index contributed by atoms with van der Waals surface area (Å²) in [5.74, 6) is -1.57. The largest absolute Gasteiger partial charge is 0.463 e. The minimum atomic E-state index is -0.797. The predicted molar refractivity (Wildman–Crippen MR) is 137 cm³/mol. The van der Waals surface area contributed by atoms with Gasteiger partial charge in [0.1, 0.15) is 12.6 Å². The zero-order valence-corrected chi connectivity index (χ0v) is 21.8. The van der Waals surface area contributed by atoms with Gasteiger partial charge < -0.3 is 20.7 Å². The van der Waals surface area contributed by atoms with E-state index < -0.39 is 17.9 Å². The molecule has 11 nitrogen and oxygen atoms in total. The van der Waals surface area contributed by atoms with E-state index in [2.05, 4.69) is 20.7 Å². The number of hydrogen-bond acceptors (Lipinski definition) is 7. The molecule has 37 heavy (non-hydrogen) atoms. The molecule has 1 aromatic rings. The van der Waals surface area contributed by atoms with Crippen LogP contribution in [0.1, 0.15) is 64.9 Å². The number of amides is 5. The van der Waals surface area contributed by atoms with E-state index in [0.717, 1.165) is 5.56 Å². The Morgan fingerprint density at radius 1 is 0.973 bits per heavy atom. The summed E-state index contributed by atoms with van der Waals surface area (Å²) >= 11 is 0. The summed E-state index contributed by atoms with van der Waals surface area (Å²) in [5.41, 5.74) is 1.28. The molecule has 0 aliphatic heterocycles. The number of unbranched alkanes of at least 4 members (excludes halogenated alkanes) is 2. The molecular weight excluding hydrogens is 480 g/mol. The summed E-state index contributed by atoms with van der Waals surface area (Å²) in [5, 5.41) is 7.93. The van der Waals surface area contributed by atoms with Gasteiger partial charge in [-0.1, -0.05) is 39.3 Å². The first-order valence-corrected chi connectivity index (χ1v) is 12.5. The highest BCUT2D eigenvalue weighted by atomic mass is 16.5. The van der Waals surface area contributed by atoms with Gasteiger partial charge in [0.25, 0.3) is 6.47 Å². The third kappa shape index (κ3) is 12.7. The first kappa shape index (κ1) is 31.3. The second-order valence-corrected chi connectivity index (χ2v) is 8.91. The first-order valence-electron chi connectivity index (χ1n) is 12.5. The molecule has 0 radical (unpaired) electrons. The van der Waals surface area contributed by atoms with Gasteiger partial charge in [-0.2, -0.15) is 0 Å². The average molecular weight is 519 g/mol. The molecular formula is C26H38N4O7. The fraction of sp³-hybridized carbons (Fsp3) is 0.538. The Morgan fingerprint density at radius 2 is 1.68 bits per heavy atom. The molecule has 0 aliphatic carbocycles. The molecule has 1 unspecified atom stereocenters. The zero-order chi connectivity index (χ0) is 27.6. The lowest BCUT2D eigenvalue weighted by Gasteiger charge is -2.21. The van der Waals surface area contributed by atoms with Gasteiger partial charge in [0.15, 0.2) is 0 Å². The summed E-state index contributed by atoms with van der Waals surface area (Å²) in [6.45, 7) is 6.00. The van der Waals surface area contributed by atoms with E-state index in [1.165, 1.54) is 4.90 Å². The highest BCUT2D eigenvalue weighted by molar-refractivity contribution is 5.96. The Bertz CT molecular complexity index is 903. The van der Waals surface area contributed by atoms with E-state index in [9.17, 15) is 28.8 Å². The fourth-order valence-electron chi connectivity index (χ4n) is 3.42. The summed E-state index contributed by atoms with van der Waals surface area (Å²) in [6.07, 6.45) is 3.55.